The number of aromatic nitrogens is 1. The van der Waals surface area contributed by atoms with Crippen LogP contribution < -0.4 is 5.32 Å². The molecular weight excluding hydrogens is 304 g/mol. The maximum absolute atomic E-state index is 12.2. The lowest BCUT2D eigenvalue weighted by Crippen LogP contribution is -2.50. The molecule has 6 nitrogen and oxygen atoms in total. The number of urea groups is 1. The summed E-state index contributed by atoms with van der Waals surface area (Å²) >= 11 is 0. The molecule has 1 fully saturated rings. The van der Waals surface area contributed by atoms with E-state index in [1.54, 1.807) is 23.4 Å². The minimum absolute atomic E-state index is 0.105. The smallest absolute Gasteiger partial charge is 0.321 e. The van der Waals surface area contributed by atoms with Gasteiger partial charge < -0.3 is 15.3 Å². The average molecular weight is 326 g/mol. The van der Waals surface area contributed by atoms with Crippen LogP contribution >= 0.6 is 0 Å². The number of aliphatic hydroxyl groups excluding tert-OH is 1. The zero-order valence-corrected chi connectivity index (χ0v) is 13.5. The Morgan fingerprint density at radius 1 is 1.12 bits per heavy atom. The Morgan fingerprint density at radius 3 is 2.54 bits per heavy atom. The van der Waals surface area contributed by atoms with Crippen molar-refractivity contribution in [3.05, 3.63) is 60.4 Å². The van der Waals surface area contributed by atoms with Crippen LogP contribution in [0.4, 0.5) is 10.5 Å². The Kier molecular flexibility index (Phi) is 5.40. The normalized spacial score (nSPS) is 16.6. The SMILES string of the molecule is O=C(Nc1cccnc1)N1CCN(CC(O)c2ccccc2)CC1. The van der Waals surface area contributed by atoms with Crippen LogP contribution in [0.15, 0.2) is 54.9 Å². The molecule has 3 rings (SSSR count). The highest BCUT2D eigenvalue weighted by molar-refractivity contribution is 5.89. The third kappa shape index (κ3) is 4.31. The molecule has 24 heavy (non-hydrogen) atoms. The molecule has 2 amide bonds. The summed E-state index contributed by atoms with van der Waals surface area (Å²) in [6.07, 6.45) is 2.80. The van der Waals surface area contributed by atoms with E-state index in [9.17, 15) is 9.90 Å². The molecule has 1 aliphatic heterocycles. The van der Waals surface area contributed by atoms with Crippen LogP contribution in [0.3, 0.4) is 0 Å². The molecule has 1 unspecified atom stereocenters. The standard InChI is InChI=1S/C18H22N4O2/c23-17(15-5-2-1-3-6-15)14-21-9-11-22(12-10-21)18(24)20-16-7-4-8-19-13-16/h1-8,13,17,23H,9-12,14H2,(H,20,24). The van der Waals surface area contributed by atoms with Gasteiger partial charge in [-0.05, 0) is 17.7 Å². The van der Waals surface area contributed by atoms with E-state index in [2.05, 4.69) is 15.2 Å². The van der Waals surface area contributed by atoms with Gasteiger partial charge in [-0.25, -0.2) is 4.79 Å². The van der Waals surface area contributed by atoms with Gasteiger partial charge >= 0.3 is 6.03 Å². The average Bonchev–Trinajstić information content (AvgIpc) is 2.64. The molecule has 1 aromatic heterocycles. The molecule has 0 radical (unpaired) electrons. The summed E-state index contributed by atoms with van der Waals surface area (Å²) in [7, 11) is 0. The van der Waals surface area contributed by atoms with Crippen LogP contribution in [-0.4, -0.2) is 58.6 Å². The topological polar surface area (TPSA) is 68.7 Å². The van der Waals surface area contributed by atoms with Crippen molar-refractivity contribution in [2.24, 2.45) is 0 Å². The summed E-state index contributed by atoms with van der Waals surface area (Å²) in [6, 6.07) is 13.2. The van der Waals surface area contributed by atoms with Gasteiger partial charge in [0.15, 0.2) is 0 Å². The maximum atomic E-state index is 12.2. The number of hydrogen-bond acceptors (Lipinski definition) is 4. The number of rotatable bonds is 4. The van der Waals surface area contributed by atoms with E-state index in [1.165, 1.54) is 0 Å². The molecule has 0 bridgehead atoms. The minimum Gasteiger partial charge on any atom is -0.387 e. The van der Waals surface area contributed by atoms with Gasteiger partial charge in [-0.15, -0.1) is 0 Å². The van der Waals surface area contributed by atoms with Crippen molar-refractivity contribution < 1.29 is 9.90 Å². The number of β-amino-alcohol motifs (C(OH)–C–C–N with tert-alkyl or cyclic N) is 1. The third-order valence-electron chi connectivity index (χ3n) is 4.19. The van der Waals surface area contributed by atoms with E-state index in [0.29, 0.717) is 25.3 Å². The molecule has 2 N–H and O–H groups in total. The van der Waals surface area contributed by atoms with Gasteiger partial charge in [-0.2, -0.15) is 0 Å². The molecule has 1 aromatic carbocycles. The van der Waals surface area contributed by atoms with E-state index in [4.69, 9.17) is 0 Å². The van der Waals surface area contributed by atoms with Crippen molar-refractivity contribution in [2.75, 3.05) is 38.0 Å². The summed E-state index contributed by atoms with van der Waals surface area (Å²) < 4.78 is 0. The van der Waals surface area contributed by atoms with Gasteiger partial charge in [0, 0.05) is 38.9 Å². The third-order valence-corrected chi connectivity index (χ3v) is 4.19. The number of piperazine rings is 1. The van der Waals surface area contributed by atoms with Crippen LogP contribution in [-0.2, 0) is 0 Å². The number of carbonyl (C=O) groups excluding carboxylic acids is 1. The minimum atomic E-state index is -0.498. The fraction of sp³-hybridized carbons (Fsp3) is 0.333. The van der Waals surface area contributed by atoms with Gasteiger partial charge in [0.05, 0.1) is 18.0 Å². The van der Waals surface area contributed by atoms with E-state index in [1.807, 2.05) is 36.4 Å². The van der Waals surface area contributed by atoms with E-state index < -0.39 is 6.10 Å². The number of amides is 2. The second-order valence-electron chi connectivity index (χ2n) is 5.89. The van der Waals surface area contributed by atoms with Crippen molar-refractivity contribution in [2.45, 2.75) is 6.10 Å². The first-order valence-electron chi connectivity index (χ1n) is 8.14. The van der Waals surface area contributed by atoms with Crippen molar-refractivity contribution in [3.8, 4) is 0 Å². The quantitative estimate of drug-likeness (QED) is 0.901. The van der Waals surface area contributed by atoms with Crippen LogP contribution in [0.2, 0.25) is 0 Å². The van der Waals surface area contributed by atoms with Crippen LogP contribution in [0.1, 0.15) is 11.7 Å². The molecule has 0 saturated carbocycles. The Hall–Kier alpha value is -2.44. The first-order valence-corrected chi connectivity index (χ1v) is 8.14. The van der Waals surface area contributed by atoms with Crippen LogP contribution in [0, 0.1) is 0 Å². The first kappa shape index (κ1) is 16.4. The van der Waals surface area contributed by atoms with Crippen LogP contribution in [0.5, 0.6) is 0 Å². The zero-order valence-electron chi connectivity index (χ0n) is 13.5. The van der Waals surface area contributed by atoms with Crippen molar-refractivity contribution in [3.63, 3.8) is 0 Å². The number of aliphatic hydroxyl groups is 1. The molecular formula is C18H22N4O2. The zero-order chi connectivity index (χ0) is 16.8. The predicted molar refractivity (Wildman–Crippen MR) is 92.7 cm³/mol. The van der Waals surface area contributed by atoms with Gasteiger partial charge in [0.25, 0.3) is 0 Å². The van der Waals surface area contributed by atoms with E-state index in [-0.39, 0.29) is 6.03 Å². The Balaban J connectivity index is 1.46. The van der Waals surface area contributed by atoms with Gasteiger partial charge in [0.1, 0.15) is 0 Å². The molecule has 0 spiro atoms. The van der Waals surface area contributed by atoms with Crippen LogP contribution in [0.25, 0.3) is 0 Å². The second-order valence-corrected chi connectivity index (χ2v) is 5.89. The highest BCUT2D eigenvalue weighted by Crippen LogP contribution is 2.15. The number of benzene rings is 1. The lowest BCUT2D eigenvalue weighted by Gasteiger charge is -2.35. The Morgan fingerprint density at radius 2 is 1.88 bits per heavy atom. The maximum Gasteiger partial charge on any atom is 0.321 e. The largest absolute Gasteiger partial charge is 0.387 e. The Bertz CT molecular complexity index is 643. The summed E-state index contributed by atoms with van der Waals surface area (Å²) in [6.45, 7) is 3.39. The van der Waals surface area contributed by atoms with Crippen molar-refractivity contribution >= 4 is 11.7 Å². The Labute approximate surface area is 141 Å². The number of pyridine rings is 1. The van der Waals surface area contributed by atoms with Crippen molar-refractivity contribution in [1.29, 1.82) is 0 Å². The first-order chi connectivity index (χ1) is 11.7. The monoisotopic (exact) mass is 326 g/mol. The summed E-state index contributed by atoms with van der Waals surface area (Å²) in [4.78, 5) is 20.2. The fourth-order valence-corrected chi connectivity index (χ4v) is 2.80. The highest BCUT2D eigenvalue weighted by atomic mass is 16.3. The fourth-order valence-electron chi connectivity index (χ4n) is 2.80. The molecule has 6 heteroatoms. The summed E-state index contributed by atoms with van der Waals surface area (Å²) in [5, 5.41) is 13.2. The highest BCUT2D eigenvalue weighted by Gasteiger charge is 2.23. The molecule has 126 valence electrons. The number of nitrogens with zero attached hydrogens (tertiary/aromatic N) is 3. The lowest BCUT2D eigenvalue weighted by molar-refractivity contribution is 0.0831. The molecule has 2 heterocycles. The van der Waals surface area contributed by atoms with Gasteiger partial charge in [-0.1, -0.05) is 30.3 Å². The lowest BCUT2D eigenvalue weighted by atomic mass is 10.1. The van der Waals surface area contributed by atoms with Gasteiger partial charge in [-0.3, -0.25) is 9.88 Å². The molecule has 2 aromatic rings. The van der Waals surface area contributed by atoms with E-state index in [0.717, 1.165) is 18.7 Å². The molecule has 1 saturated heterocycles. The second kappa shape index (κ2) is 7.90. The predicted octanol–water partition coefficient (Wildman–Crippen LogP) is 1.96. The number of nitrogens with one attached hydrogen (secondary N) is 1. The number of anilines is 1. The molecule has 1 atom stereocenters. The summed E-state index contributed by atoms with van der Waals surface area (Å²) in [5.74, 6) is 0. The number of carbonyl (C=O) groups is 1. The summed E-state index contributed by atoms with van der Waals surface area (Å²) in [5.41, 5.74) is 1.62. The number of hydrogen-bond donors (Lipinski definition) is 2. The molecule has 0 aliphatic carbocycles. The molecule has 1 aliphatic rings. The van der Waals surface area contributed by atoms with Crippen molar-refractivity contribution in [1.82, 2.24) is 14.8 Å². The van der Waals surface area contributed by atoms with E-state index >= 15 is 0 Å². The van der Waals surface area contributed by atoms with Gasteiger partial charge in [0.2, 0.25) is 0 Å².